The molecule has 0 atom stereocenters. The second-order valence-corrected chi connectivity index (χ2v) is 7.80. The third kappa shape index (κ3) is 5.09. The Hall–Kier alpha value is -3.98. The summed E-state index contributed by atoms with van der Waals surface area (Å²) < 4.78 is 20.3. The summed E-state index contributed by atoms with van der Waals surface area (Å²) >= 11 is 1.10. The highest BCUT2D eigenvalue weighted by Crippen LogP contribution is 2.22. The van der Waals surface area contributed by atoms with Crippen molar-refractivity contribution < 1.29 is 13.9 Å². The molecule has 0 fully saturated rings. The first-order valence-corrected chi connectivity index (χ1v) is 10.9. The van der Waals surface area contributed by atoms with Gasteiger partial charge in [-0.05, 0) is 42.5 Å². The minimum atomic E-state index is -0.436. The van der Waals surface area contributed by atoms with E-state index in [0.717, 1.165) is 11.8 Å². The average molecular weight is 463 g/mol. The van der Waals surface area contributed by atoms with Gasteiger partial charge in [0.1, 0.15) is 11.6 Å². The Balaban J connectivity index is 1.58. The lowest BCUT2D eigenvalue weighted by Gasteiger charge is -2.13. The predicted molar refractivity (Wildman–Crippen MR) is 127 cm³/mol. The molecular weight excluding hydrogens is 443 g/mol. The highest BCUT2D eigenvalue weighted by Gasteiger charge is 2.15. The maximum atomic E-state index is 13.6. The van der Waals surface area contributed by atoms with Gasteiger partial charge in [-0.15, -0.1) is 0 Å². The number of rotatable bonds is 7. The number of carbonyl (C=O) groups excluding carboxylic acids is 1. The van der Waals surface area contributed by atoms with Crippen LogP contribution in [0.15, 0.2) is 87.8 Å². The molecule has 0 spiro atoms. The molecule has 1 N–H and O–H groups in total. The van der Waals surface area contributed by atoms with Crippen LogP contribution in [0.4, 0.5) is 4.39 Å². The lowest BCUT2D eigenvalue weighted by atomic mass is 10.2. The molecule has 33 heavy (non-hydrogen) atoms. The Morgan fingerprint density at radius 2 is 1.85 bits per heavy atom. The van der Waals surface area contributed by atoms with Crippen LogP contribution in [0.3, 0.4) is 0 Å². The number of amides is 1. The molecule has 7 nitrogen and oxygen atoms in total. The van der Waals surface area contributed by atoms with Gasteiger partial charge in [0.15, 0.2) is 5.16 Å². The van der Waals surface area contributed by atoms with Crippen LogP contribution in [0.25, 0.3) is 16.6 Å². The van der Waals surface area contributed by atoms with Gasteiger partial charge in [-0.3, -0.25) is 14.2 Å². The first-order valence-electron chi connectivity index (χ1n) is 9.92. The monoisotopic (exact) mass is 462 g/mol. The fourth-order valence-corrected chi connectivity index (χ4v) is 3.89. The van der Waals surface area contributed by atoms with E-state index in [1.807, 2.05) is 0 Å². The van der Waals surface area contributed by atoms with Crippen molar-refractivity contribution in [2.75, 3.05) is 12.9 Å². The molecule has 0 radical (unpaired) electrons. The minimum Gasteiger partial charge on any atom is -0.497 e. The number of halogens is 1. The van der Waals surface area contributed by atoms with Gasteiger partial charge in [0.25, 0.3) is 11.5 Å². The number of hydrazone groups is 1. The SMILES string of the molecule is COc1ccc(-n2c(SCC(=O)N/N=C/c3ccccc3F)nc3ccccc3c2=O)cc1. The van der Waals surface area contributed by atoms with Gasteiger partial charge in [-0.2, -0.15) is 5.10 Å². The molecule has 0 aliphatic carbocycles. The van der Waals surface area contributed by atoms with Crippen molar-refractivity contribution in [2.45, 2.75) is 5.16 Å². The number of benzene rings is 3. The van der Waals surface area contributed by atoms with E-state index in [0.29, 0.717) is 27.5 Å². The standard InChI is InChI=1S/C24H19FN4O3S/c1-32-18-12-10-17(11-13-18)29-23(31)19-7-3-5-9-21(19)27-24(29)33-15-22(30)28-26-14-16-6-2-4-8-20(16)25/h2-14H,15H2,1H3,(H,28,30)/b26-14+. The van der Waals surface area contributed by atoms with Crippen molar-refractivity contribution in [3.05, 3.63) is 94.5 Å². The van der Waals surface area contributed by atoms with Gasteiger partial charge < -0.3 is 4.74 Å². The quantitative estimate of drug-likeness (QED) is 0.196. The van der Waals surface area contributed by atoms with Crippen LogP contribution in [0, 0.1) is 5.82 Å². The summed E-state index contributed by atoms with van der Waals surface area (Å²) in [6.07, 6.45) is 1.24. The Bertz CT molecular complexity index is 1390. The summed E-state index contributed by atoms with van der Waals surface area (Å²) in [7, 11) is 1.56. The molecular formula is C24H19FN4O3S. The zero-order valence-corrected chi connectivity index (χ0v) is 18.4. The van der Waals surface area contributed by atoms with E-state index in [1.54, 1.807) is 73.8 Å². The van der Waals surface area contributed by atoms with E-state index in [-0.39, 0.29) is 16.9 Å². The number of methoxy groups -OCH3 is 1. The Labute approximate surface area is 192 Å². The molecule has 1 heterocycles. The third-order valence-corrected chi connectivity index (χ3v) is 5.64. The van der Waals surface area contributed by atoms with Crippen LogP contribution in [0.2, 0.25) is 0 Å². The Morgan fingerprint density at radius 3 is 2.61 bits per heavy atom. The van der Waals surface area contributed by atoms with Crippen LogP contribution >= 0.6 is 11.8 Å². The maximum Gasteiger partial charge on any atom is 0.266 e. The van der Waals surface area contributed by atoms with Crippen molar-refractivity contribution in [3.63, 3.8) is 0 Å². The molecule has 1 amide bonds. The topological polar surface area (TPSA) is 85.6 Å². The van der Waals surface area contributed by atoms with Crippen LogP contribution in [-0.2, 0) is 4.79 Å². The molecule has 0 bridgehead atoms. The molecule has 4 aromatic rings. The minimum absolute atomic E-state index is 0.0461. The fraction of sp³-hybridized carbons (Fsp3) is 0.0833. The molecule has 4 rings (SSSR count). The van der Waals surface area contributed by atoms with Gasteiger partial charge in [0.2, 0.25) is 0 Å². The van der Waals surface area contributed by atoms with Gasteiger partial charge in [-0.25, -0.2) is 14.8 Å². The molecule has 3 aromatic carbocycles. The van der Waals surface area contributed by atoms with Crippen molar-refractivity contribution in [2.24, 2.45) is 5.10 Å². The van der Waals surface area contributed by atoms with E-state index < -0.39 is 11.7 Å². The number of hydrogen-bond acceptors (Lipinski definition) is 6. The van der Waals surface area contributed by atoms with Gasteiger partial charge in [0, 0.05) is 5.56 Å². The number of nitrogens with one attached hydrogen (secondary N) is 1. The van der Waals surface area contributed by atoms with Crippen LogP contribution in [0.1, 0.15) is 5.56 Å². The predicted octanol–water partition coefficient (Wildman–Crippen LogP) is 3.78. The van der Waals surface area contributed by atoms with Gasteiger partial charge in [-0.1, -0.05) is 42.1 Å². The highest BCUT2D eigenvalue weighted by atomic mass is 32.2. The number of hydrogen-bond donors (Lipinski definition) is 1. The second-order valence-electron chi connectivity index (χ2n) is 6.85. The van der Waals surface area contributed by atoms with Crippen molar-refractivity contribution in [1.29, 1.82) is 0 Å². The van der Waals surface area contributed by atoms with Crippen LogP contribution in [-0.4, -0.2) is 34.5 Å². The first-order chi connectivity index (χ1) is 16.1. The van der Waals surface area contributed by atoms with E-state index in [1.165, 1.54) is 16.8 Å². The number of thioether (sulfide) groups is 1. The van der Waals surface area contributed by atoms with Gasteiger partial charge >= 0.3 is 0 Å². The molecule has 0 aliphatic heterocycles. The van der Waals surface area contributed by atoms with E-state index in [4.69, 9.17) is 4.74 Å². The largest absolute Gasteiger partial charge is 0.497 e. The Morgan fingerprint density at radius 1 is 1.12 bits per heavy atom. The fourth-order valence-electron chi connectivity index (χ4n) is 3.08. The zero-order chi connectivity index (χ0) is 23.2. The molecule has 166 valence electrons. The first kappa shape index (κ1) is 22.2. The molecule has 0 aliphatic rings. The Kier molecular flexibility index (Phi) is 6.80. The molecule has 0 saturated carbocycles. The van der Waals surface area contributed by atoms with Crippen LogP contribution in [0.5, 0.6) is 5.75 Å². The number of para-hydroxylation sites is 1. The third-order valence-electron chi connectivity index (χ3n) is 4.71. The number of carbonyl (C=O) groups is 1. The van der Waals surface area contributed by atoms with Crippen molar-refractivity contribution in [1.82, 2.24) is 15.0 Å². The van der Waals surface area contributed by atoms with Crippen molar-refractivity contribution >= 4 is 34.8 Å². The highest BCUT2D eigenvalue weighted by molar-refractivity contribution is 7.99. The average Bonchev–Trinajstić information content (AvgIpc) is 2.84. The number of aromatic nitrogens is 2. The number of ether oxygens (including phenoxy) is 1. The smallest absolute Gasteiger partial charge is 0.266 e. The number of fused-ring (bicyclic) bond motifs is 1. The molecule has 0 saturated heterocycles. The summed E-state index contributed by atoms with van der Waals surface area (Å²) in [5, 5.41) is 4.63. The summed E-state index contributed by atoms with van der Waals surface area (Å²) in [5.74, 6) is -0.248. The zero-order valence-electron chi connectivity index (χ0n) is 17.6. The van der Waals surface area contributed by atoms with E-state index in [2.05, 4.69) is 15.5 Å². The molecule has 1 aromatic heterocycles. The normalized spacial score (nSPS) is 11.1. The second kappa shape index (κ2) is 10.1. The number of nitrogens with zero attached hydrogens (tertiary/aromatic N) is 3. The van der Waals surface area contributed by atoms with E-state index >= 15 is 0 Å². The maximum absolute atomic E-state index is 13.6. The lowest BCUT2D eigenvalue weighted by molar-refractivity contribution is -0.118. The van der Waals surface area contributed by atoms with Crippen LogP contribution < -0.4 is 15.7 Å². The van der Waals surface area contributed by atoms with Crippen molar-refractivity contribution in [3.8, 4) is 11.4 Å². The molecule has 0 unspecified atom stereocenters. The van der Waals surface area contributed by atoms with Gasteiger partial charge in [0.05, 0.1) is 35.7 Å². The summed E-state index contributed by atoms with van der Waals surface area (Å²) in [6.45, 7) is 0. The van der Waals surface area contributed by atoms with E-state index in [9.17, 15) is 14.0 Å². The summed E-state index contributed by atoms with van der Waals surface area (Å²) in [4.78, 5) is 30.1. The summed E-state index contributed by atoms with van der Waals surface area (Å²) in [6, 6.07) is 20.1. The summed E-state index contributed by atoms with van der Waals surface area (Å²) in [5.41, 5.74) is 3.51. The lowest BCUT2D eigenvalue weighted by Crippen LogP contribution is -2.24. The molecule has 9 heteroatoms.